The van der Waals surface area contributed by atoms with E-state index < -0.39 is 11.9 Å². The molecule has 0 aliphatic heterocycles. The highest BCUT2D eigenvalue weighted by Crippen LogP contribution is 2.23. The third kappa shape index (κ3) is 5.56. The molecule has 5 nitrogen and oxygen atoms in total. The van der Waals surface area contributed by atoms with Crippen molar-refractivity contribution in [3.63, 3.8) is 0 Å². The molecule has 1 aromatic rings. The third-order valence-corrected chi connectivity index (χ3v) is 3.34. The number of aliphatic carboxylic acids is 1. The second-order valence-electron chi connectivity index (χ2n) is 5.45. The van der Waals surface area contributed by atoms with Gasteiger partial charge in [-0.1, -0.05) is 25.4 Å². The topological polar surface area (TPSA) is 75.6 Å². The van der Waals surface area contributed by atoms with Gasteiger partial charge in [-0.05, 0) is 37.5 Å². The molecule has 0 bridgehead atoms. The highest BCUT2D eigenvalue weighted by Gasteiger charge is 2.21. The van der Waals surface area contributed by atoms with Crippen LogP contribution in [0.4, 0.5) is 0 Å². The summed E-state index contributed by atoms with van der Waals surface area (Å²) < 4.78 is 5.40. The number of halogens is 1. The van der Waals surface area contributed by atoms with E-state index in [0.717, 1.165) is 0 Å². The fourth-order valence-corrected chi connectivity index (χ4v) is 2.27. The number of carboxylic acids is 1. The van der Waals surface area contributed by atoms with E-state index in [1.807, 2.05) is 20.8 Å². The third-order valence-electron chi connectivity index (χ3n) is 3.10. The van der Waals surface area contributed by atoms with Crippen LogP contribution in [0.1, 0.15) is 37.6 Å². The van der Waals surface area contributed by atoms with E-state index in [9.17, 15) is 14.7 Å². The largest absolute Gasteiger partial charge is 0.493 e. The normalized spacial score (nSPS) is 12.0. The molecule has 0 heterocycles. The highest BCUT2D eigenvalue weighted by atomic mass is 35.5. The van der Waals surface area contributed by atoms with Crippen LogP contribution in [0.5, 0.6) is 5.75 Å². The predicted molar refractivity (Wildman–Crippen MR) is 85.5 cm³/mol. The fraction of sp³-hybridized carbons (Fsp3) is 0.500. The molecule has 0 aliphatic rings. The van der Waals surface area contributed by atoms with Crippen molar-refractivity contribution in [3.8, 4) is 5.75 Å². The summed E-state index contributed by atoms with van der Waals surface area (Å²) in [7, 11) is 0. The van der Waals surface area contributed by atoms with Crippen LogP contribution in [0.25, 0.3) is 0 Å². The average Bonchev–Trinajstić information content (AvgIpc) is 2.43. The Labute approximate surface area is 135 Å². The van der Waals surface area contributed by atoms with Crippen molar-refractivity contribution in [1.82, 2.24) is 5.32 Å². The molecule has 0 spiro atoms. The summed E-state index contributed by atoms with van der Waals surface area (Å²) in [5, 5.41) is 12.3. The first-order valence-electron chi connectivity index (χ1n) is 7.28. The molecule has 0 aliphatic carbocycles. The molecule has 2 N–H and O–H groups in total. The molecule has 0 radical (unpaired) electrons. The first-order chi connectivity index (χ1) is 10.3. The van der Waals surface area contributed by atoms with Crippen LogP contribution in [-0.2, 0) is 4.79 Å². The Hall–Kier alpha value is -1.75. The number of carboxylic acid groups (broad SMARTS) is 1. The molecular weight excluding hydrogens is 306 g/mol. The van der Waals surface area contributed by atoms with Crippen LogP contribution in [0.15, 0.2) is 18.2 Å². The Balaban J connectivity index is 2.78. The van der Waals surface area contributed by atoms with E-state index in [1.54, 1.807) is 18.2 Å². The molecule has 0 aromatic heterocycles. The number of carbonyl (C=O) groups excluding carboxylic acids is 1. The number of rotatable bonds is 8. The maximum Gasteiger partial charge on any atom is 0.308 e. The number of hydrogen-bond acceptors (Lipinski definition) is 3. The van der Waals surface area contributed by atoms with Crippen molar-refractivity contribution >= 4 is 23.5 Å². The Kier molecular flexibility index (Phi) is 7.18. The Bertz CT molecular complexity index is 531. The van der Waals surface area contributed by atoms with Gasteiger partial charge in [-0.15, -0.1) is 0 Å². The minimum Gasteiger partial charge on any atom is -0.493 e. The van der Waals surface area contributed by atoms with Gasteiger partial charge in [0.05, 0.1) is 18.1 Å². The molecule has 122 valence electrons. The molecule has 1 aromatic carbocycles. The Morgan fingerprint density at radius 1 is 1.36 bits per heavy atom. The molecule has 1 amide bonds. The number of hydrogen-bond donors (Lipinski definition) is 2. The van der Waals surface area contributed by atoms with Gasteiger partial charge in [0, 0.05) is 11.6 Å². The SMILES string of the molecule is CCOc1cc(Cl)ccc1C(=O)NCC(CC(C)C)C(=O)O. The number of ether oxygens (including phenoxy) is 1. The van der Waals surface area contributed by atoms with Gasteiger partial charge < -0.3 is 15.2 Å². The lowest BCUT2D eigenvalue weighted by molar-refractivity contribution is -0.142. The zero-order chi connectivity index (χ0) is 16.7. The summed E-state index contributed by atoms with van der Waals surface area (Å²) in [5.74, 6) is -1.24. The molecule has 1 atom stereocenters. The molecule has 1 rings (SSSR count). The molecule has 6 heteroatoms. The lowest BCUT2D eigenvalue weighted by Gasteiger charge is -2.16. The maximum absolute atomic E-state index is 12.2. The zero-order valence-corrected chi connectivity index (χ0v) is 13.8. The number of benzene rings is 1. The van der Waals surface area contributed by atoms with Crippen LogP contribution in [0, 0.1) is 11.8 Å². The molecule has 0 saturated carbocycles. The minimum absolute atomic E-state index is 0.0839. The summed E-state index contributed by atoms with van der Waals surface area (Å²) in [6, 6.07) is 4.74. The lowest BCUT2D eigenvalue weighted by Crippen LogP contribution is -2.33. The van der Waals surface area contributed by atoms with Crippen molar-refractivity contribution in [2.45, 2.75) is 27.2 Å². The molecule has 22 heavy (non-hydrogen) atoms. The molecule has 0 fully saturated rings. The van der Waals surface area contributed by atoms with Crippen LogP contribution >= 0.6 is 11.6 Å². The van der Waals surface area contributed by atoms with Gasteiger partial charge >= 0.3 is 5.97 Å². The number of carbonyl (C=O) groups is 2. The first kappa shape index (κ1) is 18.3. The van der Waals surface area contributed by atoms with E-state index in [4.69, 9.17) is 16.3 Å². The smallest absolute Gasteiger partial charge is 0.308 e. The summed E-state index contributed by atoms with van der Waals surface area (Å²) in [5.41, 5.74) is 0.347. The lowest BCUT2D eigenvalue weighted by atomic mass is 9.97. The highest BCUT2D eigenvalue weighted by molar-refractivity contribution is 6.30. The van der Waals surface area contributed by atoms with E-state index in [2.05, 4.69) is 5.32 Å². The summed E-state index contributed by atoms with van der Waals surface area (Å²) in [6.45, 7) is 6.20. The second-order valence-corrected chi connectivity index (χ2v) is 5.88. The zero-order valence-electron chi connectivity index (χ0n) is 13.1. The Morgan fingerprint density at radius 2 is 2.05 bits per heavy atom. The number of nitrogens with one attached hydrogen (secondary N) is 1. The van der Waals surface area contributed by atoms with Crippen molar-refractivity contribution in [1.29, 1.82) is 0 Å². The van der Waals surface area contributed by atoms with Crippen molar-refractivity contribution < 1.29 is 19.4 Å². The molecule has 0 saturated heterocycles. The van der Waals surface area contributed by atoms with Crippen molar-refractivity contribution in [2.24, 2.45) is 11.8 Å². The van der Waals surface area contributed by atoms with E-state index in [0.29, 0.717) is 29.4 Å². The van der Waals surface area contributed by atoms with Gasteiger partial charge in [0.2, 0.25) is 0 Å². The van der Waals surface area contributed by atoms with E-state index in [-0.39, 0.29) is 18.4 Å². The maximum atomic E-state index is 12.2. The van der Waals surface area contributed by atoms with Gasteiger partial charge in [-0.2, -0.15) is 0 Å². The van der Waals surface area contributed by atoms with Crippen molar-refractivity contribution in [3.05, 3.63) is 28.8 Å². The monoisotopic (exact) mass is 327 g/mol. The molecule has 1 unspecified atom stereocenters. The standard InChI is InChI=1S/C16H22ClNO4/c1-4-22-14-8-12(17)5-6-13(14)15(19)18-9-11(16(20)21)7-10(2)3/h5-6,8,10-11H,4,7,9H2,1-3H3,(H,18,19)(H,20,21). The van der Waals surface area contributed by atoms with Gasteiger partial charge in [0.15, 0.2) is 0 Å². The average molecular weight is 328 g/mol. The predicted octanol–water partition coefficient (Wildman–Crippen LogP) is 3.22. The van der Waals surface area contributed by atoms with Crippen LogP contribution in [-0.4, -0.2) is 30.1 Å². The van der Waals surface area contributed by atoms with Gasteiger partial charge in [-0.3, -0.25) is 9.59 Å². The van der Waals surface area contributed by atoms with Gasteiger partial charge in [0.25, 0.3) is 5.91 Å². The fourth-order valence-electron chi connectivity index (χ4n) is 2.11. The first-order valence-corrected chi connectivity index (χ1v) is 7.66. The molecular formula is C16H22ClNO4. The number of amides is 1. The summed E-state index contributed by atoms with van der Waals surface area (Å²) in [6.07, 6.45) is 0.508. The van der Waals surface area contributed by atoms with Gasteiger partial charge in [-0.25, -0.2) is 0 Å². The Morgan fingerprint density at radius 3 is 2.59 bits per heavy atom. The van der Waals surface area contributed by atoms with E-state index in [1.165, 1.54) is 0 Å². The van der Waals surface area contributed by atoms with Crippen LogP contribution in [0.3, 0.4) is 0 Å². The van der Waals surface area contributed by atoms with Gasteiger partial charge in [0.1, 0.15) is 5.75 Å². The minimum atomic E-state index is -0.907. The second kappa shape index (κ2) is 8.63. The van der Waals surface area contributed by atoms with E-state index >= 15 is 0 Å². The van der Waals surface area contributed by atoms with Crippen LogP contribution in [0.2, 0.25) is 5.02 Å². The van der Waals surface area contributed by atoms with Crippen molar-refractivity contribution in [2.75, 3.05) is 13.2 Å². The summed E-state index contributed by atoms with van der Waals surface area (Å²) in [4.78, 5) is 23.4. The quantitative estimate of drug-likeness (QED) is 0.768. The van der Waals surface area contributed by atoms with Crippen LogP contribution < -0.4 is 10.1 Å². The summed E-state index contributed by atoms with van der Waals surface area (Å²) >= 11 is 5.89.